The number of aliphatic hydroxyl groups excluding tert-OH is 1. The van der Waals surface area contributed by atoms with Gasteiger partial charge < -0.3 is 10.0 Å². The van der Waals surface area contributed by atoms with Gasteiger partial charge in [0.2, 0.25) is 0 Å². The number of β-amino-alcohol motifs (C(OH)–C–C–N with tert-alkyl or cyclic N) is 1. The maximum atomic E-state index is 9.58. The van der Waals surface area contributed by atoms with Crippen LogP contribution in [0.25, 0.3) is 0 Å². The summed E-state index contributed by atoms with van der Waals surface area (Å²) in [6.07, 6.45) is 5.45. The second-order valence-corrected chi connectivity index (χ2v) is 4.42. The van der Waals surface area contributed by atoms with Gasteiger partial charge in [0.25, 0.3) is 0 Å². The Kier molecular flexibility index (Phi) is 3.43. The Bertz CT molecular complexity index is 334. The lowest BCUT2D eigenvalue weighted by molar-refractivity contribution is 0.154. The Morgan fingerprint density at radius 3 is 3.20 bits per heavy atom. The first kappa shape index (κ1) is 10.7. The van der Waals surface area contributed by atoms with Gasteiger partial charge in [-0.2, -0.15) is 0 Å². The number of rotatable bonds is 2. The van der Waals surface area contributed by atoms with Crippen LogP contribution < -0.4 is 4.90 Å². The van der Waals surface area contributed by atoms with Crippen molar-refractivity contribution in [3.63, 3.8) is 0 Å². The minimum absolute atomic E-state index is 0.216. The predicted molar refractivity (Wildman–Crippen MR) is 61.3 cm³/mol. The molecule has 2 rings (SSSR count). The van der Waals surface area contributed by atoms with E-state index in [4.69, 9.17) is 0 Å². The Labute approximate surface area is 93.7 Å². The number of hydrogen-bond acceptors (Lipinski definition) is 5. The normalized spacial score (nSPS) is 21.7. The van der Waals surface area contributed by atoms with Crippen molar-refractivity contribution in [1.29, 1.82) is 0 Å². The molecule has 2 heterocycles. The van der Waals surface area contributed by atoms with E-state index in [9.17, 15) is 5.11 Å². The van der Waals surface area contributed by atoms with Crippen LogP contribution in [-0.4, -0.2) is 40.5 Å². The Hall–Kier alpha value is -0.810. The topological polar surface area (TPSA) is 49.2 Å². The molecule has 0 saturated carbocycles. The highest BCUT2D eigenvalue weighted by Crippen LogP contribution is 2.19. The van der Waals surface area contributed by atoms with Crippen molar-refractivity contribution in [1.82, 2.24) is 9.97 Å². The SMILES string of the molecule is CSc1nccc(N2CCC[C@@H](O)C2)n1. The van der Waals surface area contributed by atoms with E-state index in [0.29, 0.717) is 6.54 Å². The molecule has 1 aliphatic rings. The first-order valence-corrected chi connectivity index (χ1v) is 6.32. The number of aliphatic hydroxyl groups is 1. The van der Waals surface area contributed by atoms with Gasteiger partial charge >= 0.3 is 0 Å². The van der Waals surface area contributed by atoms with Gasteiger partial charge in [-0.15, -0.1) is 0 Å². The lowest BCUT2D eigenvalue weighted by Gasteiger charge is -2.30. The average Bonchev–Trinajstić information content (AvgIpc) is 2.29. The van der Waals surface area contributed by atoms with Gasteiger partial charge in [0.15, 0.2) is 5.16 Å². The van der Waals surface area contributed by atoms with Gasteiger partial charge in [-0.05, 0) is 25.2 Å². The first-order valence-electron chi connectivity index (χ1n) is 5.09. The number of aromatic nitrogens is 2. The zero-order valence-electron chi connectivity index (χ0n) is 8.76. The van der Waals surface area contributed by atoms with E-state index in [2.05, 4.69) is 14.9 Å². The maximum Gasteiger partial charge on any atom is 0.189 e. The van der Waals surface area contributed by atoms with Crippen LogP contribution in [0.4, 0.5) is 5.82 Å². The standard InChI is InChI=1S/C10H15N3OS/c1-15-10-11-5-4-9(12-10)13-6-2-3-8(14)7-13/h4-5,8,14H,2-3,6-7H2,1H3/t8-/m1/s1. The van der Waals surface area contributed by atoms with E-state index in [0.717, 1.165) is 30.4 Å². The molecule has 0 aromatic carbocycles. The molecule has 1 N–H and O–H groups in total. The predicted octanol–water partition coefficient (Wildman–Crippen LogP) is 1.16. The molecule has 0 aliphatic carbocycles. The third-order valence-electron chi connectivity index (χ3n) is 2.52. The zero-order chi connectivity index (χ0) is 10.7. The molecule has 0 amide bonds. The quantitative estimate of drug-likeness (QED) is 0.604. The molecule has 5 heteroatoms. The van der Waals surface area contributed by atoms with Gasteiger partial charge in [-0.3, -0.25) is 0 Å². The lowest BCUT2D eigenvalue weighted by atomic mass is 10.1. The number of piperidine rings is 1. The summed E-state index contributed by atoms with van der Waals surface area (Å²) < 4.78 is 0. The van der Waals surface area contributed by atoms with Gasteiger partial charge in [-0.1, -0.05) is 11.8 Å². The molecule has 0 bridgehead atoms. The molecule has 0 radical (unpaired) electrons. The highest BCUT2D eigenvalue weighted by atomic mass is 32.2. The van der Waals surface area contributed by atoms with Crippen molar-refractivity contribution in [2.45, 2.75) is 24.1 Å². The van der Waals surface area contributed by atoms with Crippen molar-refractivity contribution in [2.75, 3.05) is 24.2 Å². The fourth-order valence-electron chi connectivity index (χ4n) is 1.77. The van der Waals surface area contributed by atoms with E-state index in [-0.39, 0.29) is 6.10 Å². The van der Waals surface area contributed by atoms with Crippen LogP contribution in [0.15, 0.2) is 17.4 Å². The van der Waals surface area contributed by atoms with Crippen molar-refractivity contribution in [3.8, 4) is 0 Å². The van der Waals surface area contributed by atoms with E-state index in [1.54, 1.807) is 6.20 Å². The minimum atomic E-state index is -0.216. The van der Waals surface area contributed by atoms with E-state index < -0.39 is 0 Å². The molecule has 0 spiro atoms. The Morgan fingerprint density at radius 2 is 2.47 bits per heavy atom. The number of nitrogens with zero attached hydrogens (tertiary/aromatic N) is 3. The van der Waals surface area contributed by atoms with E-state index in [1.807, 2.05) is 12.3 Å². The van der Waals surface area contributed by atoms with Gasteiger partial charge in [-0.25, -0.2) is 9.97 Å². The molecule has 1 aromatic rings. The zero-order valence-corrected chi connectivity index (χ0v) is 9.57. The van der Waals surface area contributed by atoms with Crippen molar-refractivity contribution < 1.29 is 5.11 Å². The second kappa shape index (κ2) is 4.81. The number of hydrogen-bond donors (Lipinski definition) is 1. The van der Waals surface area contributed by atoms with Crippen LogP contribution in [0.2, 0.25) is 0 Å². The van der Waals surface area contributed by atoms with Crippen LogP contribution in [0.1, 0.15) is 12.8 Å². The average molecular weight is 225 g/mol. The molecule has 0 unspecified atom stereocenters. The molecule has 1 fully saturated rings. The lowest BCUT2D eigenvalue weighted by Crippen LogP contribution is -2.38. The van der Waals surface area contributed by atoms with Crippen LogP contribution >= 0.6 is 11.8 Å². The monoisotopic (exact) mass is 225 g/mol. The molecule has 1 aromatic heterocycles. The summed E-state index contributed by atoms with van der Waals surface area (Å²) in [6.45, 7) is 1.66. The van der Waals surface area contributed by atoms with Crippen LogP contribution in [0.3, 0.4) is 0 Å². The summed E-state index contributed by atoms with van der Waals surface area (Å²) in [5.74, 6) is 0.924. The van der Waals surface area contributed by atoms with E-state index in [1.165, 1.54) is 11.8 Å². The van der Waals surface area contributed by atoms with Crippen LogP contribution in [-0.2, 0) is 0 Å². The van der Waals surface area contributed by atoms with Crippen molar-refractivity contribution in [3.05, 3.63) is 12.3 Å². The highest BCUT2D eigenvalue weighted by molar-refractivity contribution is 7.98. The molecular formula is C10H15N3OS. The summed E-state index contributed by atoms with van der Waals surface area (Å²) in [5, 5.41) is 10.4. The summed E-state index contributed by atoms with van der Waals surface area (Å²) in [7, 11) is 0. The number of anilines is 1. The van der Waals surface area contributed by atoms with Crippen LogP contribution in [0.5, 0.6) is 0 Å². The number of thioether (sulfide) groups is 1. The molecule has 1 saturated heterocycles. The summed E-state index contributed by atoms with van der Waals surface area (Å²) in [5.41, 5.74) is 0. The van der Waals surface area contributed by atoms with Gasteiger partial charge in [0.05, 0.1) is 6.10 Å². The second-order valence-electron chi connectivity index (χ2n) is 3.64. The minimum Gasteiger partial charge on any atom is -0.391 e. The van der Waals surface area contributed by atoms with Crippen molar-refractivity contribution in [2.24, 2.45) is 0 Å². The third kappa shape index (κ3) is 2.60. The molecule has 4 nitrogen and oxygen atoms in total. The fourth-order valence-corrected chi connectivity index (χ4v) is 2.12. The fraction of sp³-hybridized carbons (Fsp3) is 0.600. The smallest absolute Gasteiger partial charge is 0.189 e. The first-order chi connectivity index (χ1) is 7.29. The maximum absolute atomic E-state index is 9.58. The van der Waals surface area contributed by atoms with E-state index >= 15 is 0 Å². The molecule has 1 atom stereocenters. The summed E-state index contributed by atoms with van der Waals surface area (Å²) >= 11 is 1.54. The third-order valence-corrected chi connectivity index (χ3v) is 3.08. The molecule has 1 aliphatic heterocycles. The largest absolute Gasteiger partial charge is 0.391 e. The Morgan fingerprint density at radius 1 is 1.60 bits per heavy atom. The van der Waals surface area contributed by atoms with Crippen LogP contribution in [0, 0.1) is 0 Å². The van der Waals surface area contributed by atoms with Gasteiger partial charge in [0, 0.05) is 19.3 Å². The molecule has 15 heavy (non-hydrogen) atoms. The molecule has 82 valence electrons. The summed E-state index contributed by atoms with van der Waals surface area (Å²) in [4.78, 5) is 10.7. The van der Waals surface area contributed by atoms with Crippen molar-refractivity contribution >= 4 is 17.6 Å². The highest BCUT2D eigenvalue weighted by Gasteiger charge is 2.18. The summed E-state index contributed by atoms with van der Waals surface area (Å²) in [6, 6.07) is 1.90. The van der Waals surface area contributed by atoms with Gasteiger partial charge in [0.1, 0.15) is 5.82 Å². The Balaban J connectivity index is 2.13. The molecular weight excluding hydrogens is 210 g/mol.